The van der Waals surface area contributed by atoms with E-state index in [9.17, 15) is 0 Å². The first kappa shape index (κ1) is 12.9. The molecule has 0 aliphatic rings. The van der Waals surface area contributed by atoms with Crippen LogP contribution in [0.2, 0.25) is 0 Å². The summed E-state index contributed by atoms with van der Waals surface area (Å²) >= 11 is 0. The van der Waals surface area contributed by atoms with Crippen LogP contribution in [0.3, 0.4) is 0 Å². The molecule has 0 saturated carbocycles. The summed E-state index contributed by atoms with van der Waals surface area (Å²) in [5.74, 6) is 0. The van der Waals surface area contributed by atoms with Gasteiger partial charge in [-0.15, -0.1) is 0 Å². The van der Waals surface area contributed by atoms with E-state index in [1.165, 1.54) is 16.7 Å². The van der Waals surface area contributed by atoms with Gasteiger partial charge in [0.1, 0.15) is 0 Å². The van der Waals surface area contributed by atoms with Crippen molar-refractivity contribution >= 4 is 5.57 Å². The van der Waals surface area contributed by atoms with Crippen LogP contribution in [0.5, 0.6) is 0 Å². The second-order valence-corrected chi connectivity index (χ2v) is 4.48. The number of nitrogens with one attached hydrogen (secondary N) is 1. The summed E-state index contributed by atoms with van der Waals surface area (Å²) < 4.78 is 0. The zero-order valence-electron chi connectivity index (χ0n) is 10.7. The van der Waals surface area contributed by atoms with Gasteiger partial charge in [-0.25, -0.2) is 0 Å². The van der Waals surface area contributed by atoms with E-state index in [1.54, 1.807) is 0 Å². The quantitative estimate of drug-likeness (QED) is 0.768. The van der Waals surface area contributed by atoms with Crippen molar-refractivity contribution in [2.45, 2.75) is 40.2 Å². The Hall–Kier alpha value is -1.15. The summed E-state index contributed by atoms with van der Waals surface area (Å²) in [6, 6.07) is 2.62. The van der Waals surface area contributed by atoms with Gasteiger partial charge in [0.15, 0.2) is 0 Å². The summed E-state index contributed by atoms with van der Waals surface area (Å²) in [7, 11) is 0. The first-order valence-electron chi connectivity index (χ1n) is 5.92. The molecule has 1 aromatic rings. The second kappa shape index (κ2) is 6.44. The molecule has 0 fully saturated rings. The van der Waals surface area contributed by atoms with Crippen LogP contribution >= 0.6 is 0 Å². The molecule has 0 aliphatic heterocycles. The molecular weight excluding hydrogens is 196 g/mol. The number of rotatable bonds is 5. The monoisotopic (exact) mass is 218 g/mol. The highest BCUT2D eigenvalue weighted by Gasteiger charge is 1.99. The largest absolute Gasteiger partial charge is 0.314 e. The molecule has 1 heterocycles. The number of aromatic nitrogens is 1. The molecule has 0 spiro atoms. The Morgan fingerprint density at radius 3 is 2.88 bits per heavy atom. The molecule has 0 bridgehead atoms. The molecule has 0 radical (unpaired) electrons. The van der Waals surface area contributed by atoms with Crippen LogP contribution in [0.15, 0.2) is 24.5 Å². The van der Waals surface area contributed by atoms with Crippen molar-refractivity contribution in [2.24, 2.45) is 0 Å². The van der Waals surface area contributed by atoms with Gasteiger partial charge in [0.05, 0.1) is 0 Å². The third-order valence-electron chi connectivity index (χ3n) is 2.61. The smallest absolute Gasteiger partial charge is 0.0345 e. The molecule has 88 valence electrons. The van der Waals surface area contributed by atoms with Crippen LogP contribution in [-0.4, -0.2) is 17.6 Å². The number of allylic oxidation sites excluding steroid dienone is 1. The normalized spacial score (nSPS) is 12.2. The van der Waals surface area contributed by atoms with Gasteiger partial charge in [0.2, 0.25) is 0 Å². The molecule has 2 nitrogen and oxygen atoms in total. The fourth-order valence-corrected chi connectivity index (χ4v) is 1.65. The first-order chi connectivity index (χ1) is 7.61. The van der Waals surface area contributed by atoms with Crippen LogP contribution in [0.25, 0.3) is 5.57 Å². The van der Waals surface area contributed by atoms with Crippen LogP contribution in [0.4, 0.5) is 0 Å². The van der Waals surface area contributed by atoms with Crippen LogP contribution in [-0.2, 0) is 0 Å². The van der Waals surface area contributed by atoms with Gasteiger partial charge in [-0.1, -0.05) is 19.9 Å². The van der Waals surface area contributed by atoms with Gasteiger partial charge >= 0.3 is 0 Å². The Kier molecular flexibility index (Phi) is 5.20. The predicted octanol–water partition coefficient (Wildman–Crippen LogP) is 3.18. The van der Waals surface area contributed by atoms with Gasteiger partial charge < -0.3 is 5.32 Å². The Bertz CT molecular complexity index is 354. The lowest BCUT2D eigenvalue weighted by Crippen LogP contribution is -2.23. The van der Waals surface area contributed by atoms with Gasteiger partial charge in [-0.2, -0.15) is 0 Å². The minimum atomic E-state index is 0.564. The van der Waals surface area contributed by atoms with Crippen LogP contribution in [0.1, 0.15) is 38.3 Å². The number of pyridine rings is 1. The number of hydrogen-bond acceptors (Lipinski definition) is 2. The van der Waals surface area contributed by atoms with Gasteiger partial charge in [0.25, 0.3) is 0 Å². The number of aryl methyl sites for hydroxylation is 1. The minimum absolute atomic E-state index is 0.564. The summed E-state index contributed by atoms with van der Waals surface area (Å²) in [4.78, 5) is 4.17. The van der Waals surface area contributed by atoms with Crippen molar-refractivity contribution in [1.82, 2.24) is 10.3 Å². The Morgan fingerprint density at radius 1 is 1.50 bits per heavy atom. The molecule has 0 aliphatic carbocycles. The van der Waals surface area contributed by atoms with Crippen molar-refractivity contribution in [3.63, 3.8) is 0 Å². The summed E-state index contributed by atoms with van der Waals surface area (Å²) in [6.45, 7) is 9.65. The fraction of sp³-hybridized carbons (Fsp3) is 0.500. The van der Waals surface area contributed by atoms with E-state index in [0.717, 1.165) is 13.0 Å². The molecule has 0 saturated heterocycles. The molecule has 1 rings (SSSR count). The molecule has 0 aromatic carbocycles. The molecule has 1 aromatic heterocycles. The maximum Gasteiger partial charge on any atom is 0.0345 e. The molecule has 0 unspecified atom stereocenters. The lowest BCUT2D eigenvalue weighted by molar-refractivity contribution is 0.595. The summed E-state index contributed by atoms with van der Waals surface area (Å²) in [5.41, 5.74) is 3.86. The molecule has 2 heteroatoms. The molecular formula is C14H22N2. The van der Waals surface area contributed by atoms with Crippen molar-refractivity contribution in [3.8, 4) is 0 Å². The first-order valence-corrected chi connectivity index (χ1v) is 5.92. The highest BCUT2D eigenvalue weighted by atomic mass is 14.9. The van der Waals surface area contributed by atoms with E-state index in [1.807, 2.05) is 12.4 Å². The predicted molar refractivity (Wildman–Crippen MR) is 70.4 cm³/mol. The highest BCUT2D eigenvalue weighted by Crippen LogP contribution is 2.16. The fourth-order valence-electron chi connectivity index (χ4n) is 1.65. The van der Waals surface area contributed by atoms with E-state index in [-0.39, 0.29) is 0 Å². The van der Waals surface area contributed by atoms with Gasteiger partial charge in [-0.05, 0) is 49.6 Å². The number of hydrogen-bond donors (Lipinski definition) is 1. The van der Waals surface area contributed by atoms with E-state index in [4.69, 9.17) is 0 Å². The molecule has 0 atom stereocenters. The standard InChI is InChI=1S/C14H22N2/c1-11(2)16-8-5-6-12(3)14-10-15-9-7-13(14)4/h6-7,9-11,16H,5,8H2,1-4H3. The topological polar surface area (TPSA) is 24.9 Å². The third kappa shape index (κ3) is 4.15. The van der Waals surface area contributed by atoms with Crippen molar-refractivity contribution in [2.75, 3.05) is 6.54 Å². The Labute approximate surface area is 98.8 Å². The van der Waals surface area contributed by atoms with Crippen LogP contribution in [0, 0.1) is 6.92 Å². The SMILES string of the molecule is CC(=CCCNC(C)C)c1cnccc1C. The average molecular weight is 218 g/mol. The second-order valence-electron chi connectivity index (χ2n) is 4.48. The summed E-state index contributed by atoms with van der Waals surface area (Å²) in [6.07, 6.45) is 7.13. The third-order valence-corrected chi connectivity index (χ3v) is 2.61. The Balaban J connectivity index is 2.54. The van der Waals surface area contributed by atoms with Gasteiger partial charge in [0, 0.05) is 18.4 Å². The van der Waals surface area contributed by atoms with Gasteiger partial charge in [-0.3, -0.25) is 4.98 Å². The molecule has 16 heavy (non-hydrogen) atoms. The molecule has 0 amide bonds. The van der Waals surface area contributed by atoms with Crippen LogP contribution < -0.4 is 5.32 Å². The van der Waals surface area contributed by atoms with Crippen molar-refractivity contribution in [1.29, 1.82) is 0 Å². The zero-order chi connectivity index (χ0) is 12.0. The van der Waals surface area contributed by atoms with Crippen molar-refractivity contribution in [3.05, 3.63) is 35.7 Å². The Morgan fingerprint density at radius 2 is 2.25 bits per heavy atom. The minimum Gasteiger partial charge on any atom is -0.314 e. The van der Waals surface area contributed by atoms with E-state index >= 15 is 0 Å². The highest BCUT2D eigenvalue weighted by molar-refractivity contribution is 5.65. The lowest BCUT2D eigenvalue weighted by atomic mass is 10.0. The maximum atomic E-state index is 4.17. The zero-order valence-corrected chi connectivity index (χ0v) is 10.7. The average Bonchev–Trinajstić information content (AvgIpc) is 2.24. The summed E-state index contributed by atoms with van der Waals surface area (Å²) in [5, 5.41) is 3.41. The lowest BCUT2D eigenvalue weighted by Gasteiger charge is -2.07. The van der Waals surface area contributed by atoms with E-state index in [2.05, 4.69) is 50.1 Å². The van der Waals surface area contributed by atoms with E-state index < -0.39 is 0 Å². The maximum absolute atomic E-state index is 4.17. The van der Waals surface area contributed by atoms with Crippen molar-refractivity contribution < 1.29 is 0 Å². The van der Waals surface area contributed by atoms with E-state index in [0.29, 0.717) is 6.04 Å². The molecule has 1 N–H and O–H groups in total. The number of nitrogens with zero attached hydrogens (tertiary/aromatic N) is 1.